The summed E-state index contributed by atoms with van der Waals surface area (Å²) in [7, 11) is 0. The molecular weight excluding hydrogens is 458 g/mol. The number of nitrogens with zero attached hydrogens (tertiary/aromatic N) is 1. The summed E-state index contributed by atoms with van der Waals surface area (Å²) >= 11 is 6.13. The van der Waals surface area contributed by atoms with E-state index in [1.54, 1.807) is 11.6 Å². The number of aryl methyl sites for hydroxylation is 1. The average Bonchev–Trinajstić information content (AvgIpc) is 3.50. The minimum absolute atomic E-state index is 0.324. The van der Waals surface area contributed by atoms with E-state index in [-0.39, 0.29) is 0 Å². The Morgan fingerprint density at radius 1 is 1.14 bits per heavy atom. The van der Waals surface area contributed by atoms with Crippen molar-refractivity contribution >= 4 is 34.5 Å². The minimum atomic E-state index is -0.533. The summed E-state index contributed by atoms with van der Waals surface area (Å²) in [5, 5.41) is 10.7. The molecular formula is C29H28ClN3O2. The molecule has 1 aliphatic carbocycles. The molecule has 1 heterocycles. The van der Waals surface area contributed by atoms with Crippen molar-refractivity contribution < 1.29 is 10.0 Å². The summed E-state index contributed by atoms with van der Waals surface area (Å²) in [5.74, 6) is -0.533. The van der Waals surface area contributed by atoms with Gasteiger partial charge in [0, 0.05) is 47.3 Å². The monoisotopic (exact) mass is 485 g/mol. The van der Waals surface area contributed by atoms with Crippen molar-refractivity contribution in [3.05, 3.63) is 112 Å². The van der Waals surface area contributed by atoms with Gasteiger partial charge in [0.15, 0.2) is 0 Å². The highest BCUT2D eigenvalue weighted by atomic mass is 35.5. The summed E-state index contributed by atoms with van der Waals surface area (Å²) in [5.41, 5.74) is 9.00. The van der Waals surface area contributed by atoms with Crippen LogP contribution < -0.4 is 5.48 Å². The quantitative estimate of drug-likeness (QED) is 0.161. The smallest absolute Gasteiger partial charge is 0.267 e. The van der Waals surface area contributed by atoms with Gasteiger partial charge in [0.2, 0.25) is 0 Å². The number of carbonyl (C=O) groups is 1. The first kappa shape index (κ1) is 23.4. The highest BCUT2D eigenvalue weighted by Gasteiger charge is 2.28. The Hall–Kier alpha value is -3.38. The van der Waals surface area contributed by atoms with Crippen LogP contribution in [0.4, 0.5) is 0 Å². The maximum absolute atomic E-state index is 11.3. The highest BCUT2D eigenvalue weighted by Crippen LogP contribution is 2.37. The summed E-state index contributed by atoms with van der Waals surface area (Å²) in [6.45, 7) is 1.79. The van der Waals surface area contributed by atoms with E-state index in [1.807, 2.05) is 18.2 Å². The van der Waals surface area contributed by atoms with Crippen LogP contribution in [-0.2, 0) is 24.2 Å². The zero-order chi connectivity index (χ0) is 24.2. The van der Waals surface area contributed by atoms with Crippen molar-refractivity contribution in [3.63, 3.8) is 0 Å². The minimum Gasteiger partial charge on any atom is -0.361 e. The van der Waals surface area contributed by atoms with Gasteiger partial charge in [-0.25, -0.2) is 5.48 Å². The van der Waals surface area contributed by atoms with E-state index in [0.29, 0.717) is 6.04 Å². The molecule has 0 aliphatic heterocycles. The summed E-state index contributed by atoms with van der Waals surface area (Å²) < 4.78 is 0. The number of H-pyrrole nitrogens is 1. The summed E-state index contributed by atoms with van der Waals surface area (Å²) in [6, 6.07) is 23.3. The second-order valence-electron chi connectivity index (χ2n) is 9.03. The molecule has 1 atom stereocenters. The Morgan fingerprint density at radius 3 is 2.80 bits per heavy atom. The predicted octanol–water partition coefficient (Wildman–Crippen LogP) is 6.07. The van der Waals surface area contributed by atoms with E-state index in [2.05, 4.69) is 64.6 Å². The first-order valence-electron chi connectivity index (χ1n) is 11.9. The number of amides is 1. The first-order valence-corrected chi connectivity index (χ1v) is 12.3. The van der Waals surface area contributed by atoms with Gasteiger partial charge >= 0.3 is 0 Å². The third kappa shape index (κ3) is 5.33. The second-order valence-corrected chi connectivity index (χ2v) is 9.46. The maximum Gasteiger partial charge on any atom is 0.267 e. The number of fused-ring (bicyclic) bond motifs is 2. The van der Waals surface area contributed by atoms with Crippen molar-refractivity contribution in [2.45, 2.75) is 31.8 Å². The Labute approximate surface area is 210 Å². The zero-order valence-corrected chi connectivity index (χ0v) is 20.1. The van der Waals surface area contributed by atoms with E-state index in [1.165, 1.54) is 39.2 Å². The number of hydrogen-bond donors (Lipinski definition) is 3. The van der Waals surface area contributed by atoms with Crippen molar-refractivity contribution in [2.75, 3.05) is 6.54 Å². The number of para-hydroxylation sites is 1. The number of hydrogen-bond acceptors (Lipinski definition) is 3. The third-order valence-electron chi connectivity index (χ3n) is 6.83. The SMILES string of the molecule is O=C(C=Cc1ccc2c(c1)CCC2N(CCc1c[nH]c2ccccc12)Cc1ccc(Cl)cc1)NO. The maximum atomic E-state index is 11.3. The number of carbonyl (C=O) groups excluding carboxylic acids is 1. The summed E-state index contributed by atoms with van der Waals surface area (Å²) in [4.78, 5) is 17.3. The fourth-order valence-electron chi connectivity index (χ4n) is 5.08. The first-order chi connectivity index (χ1) is 17.1. The molecule has 0 saturated carbocycles. The molecule has 0 saturated heterocycles. The van der Waals surface area contributed by atoms with Gasteiger partial charge in [0.1, 0.15) is 0 Å². The number of hydroxylamine groups is 1. The third-order valence-corrected chi connectivity index (χ3v) is 7.09. The van der Waals surface area contributed by atoms with Crippen LogP contribution in [0.1, 0.15) is 40.3 Å². The van der Waals surface area contributed by atoms with Crippen LogP contribution in [0.25, 0.3) is 17.0 Å². The average molecular weight is 486 g/mol. The van der Waals surface area contributed by atoms with Gasteiger partial charge in [-0.3, -0.25) is 14.9 Å². The van der Waals surface area contributed by atoms with Crippen molar-refractivity contribution in [1.29, 1.82) is 0 Å². The fourth-order valence-corrected chi connectivity index (χ4v) is 5.21. The van der Waals surface area contributed by atoms with Crippen molar-refractivity contribution in [3.8, 4) is 0 Å². The molecule has 1 aliphatic rings. The van der Waals surface area contributed by atoms with Crippen LogP contribution in [0, 0.1) is 0 Å². The van der Waals surface area contributed by atoms with Gasteiger partial charge in [-0.15, -0.1) is 0 Å². The summed E-state index contributed by atoms with van der Waals surface area (Å²) in [6.07, 6.45) is 8.21. The number of halogens is 1. The van der Waals surface area contributed by atoms with Gasteiger partial charge in [-0.1, -0.05) is 60.1 Å². The van der Waals surface area contributed by atoms with Crippen LogP contribution in [0.2, 0.25) is 5.02 Å². The number of aromatic nitrogens is 1. The van der Waals surface area contributed by atoms with Crippen LogP contribution in [0.3, 0.4) is 0 Å². The number of rotatable bonds is 8. The van der Waals surface area contributed by atoms with Gasteiger partial charge in [0.25, 0.3) is 5.91 Å². The second kappa shape index (κ2) is 10.5. The molecule has 3 N–H and O–H groups in total. The predicted molar refractivity (Wildman–Crippen MR) is 140 cm³/mol. The lowest BCUT2D eigenvalue weighted by Crippen LogP contribution is -2.29. The molecule has 5 nitrogen and oxygen atoms in total. The Balaban J connectivity index is 1.39. The lowest BCUT2D eigenvalue weighted by molar-refractivity contribution is -0.124. The molecule has 5 rings (SSSR count). The molecule has 0 fully saturated rings. The fraction of sp³-hybridized carbons (Fsp3) is 0.207. The lowest BCUT2D eigenvalue weighted by atomic mass is 10.0. The molecule has 1 unspecified atom stereocenters. The van der Waals surface area contributed by atoms with Crippen LogP contribution in [0.15, 0.2) is 79.0 Å². The van der Waals surface area contributed by atoms with E-state index in [0.717, 1.165) is 42.9 Å². The standard InChI is InChI=1S/C29H28ClN3O2/c30-24-10-5-21(6-11-24)19-33(16-15-23-18-31-27-4-2-1-3-25(23)27)28-13-9-22-17-20(7-12-26(22)28)8-14-29(34)32-35/h1-8,10-12,14,17-18,28,31,35H,9,13,15-16,19H2,(H,32,34). The lowest BCUT2D eigenvalue weighted by Gasteiger charge is -2.30. The molecule has 1 amide bonds. The molecule has 1 aromatic heterocycles. The molecule has 6 heteroatoms. The Bertz CT molecular complexity index is 1360. The van der Waals surface area contributed by atoms with E-state index < -0.39 is 5.91 Å². The van der Waals surface area contributed by atoms with E-state index in [4.69, 9.17) is 16.8 Å². The van der Waals surface area contributed by atoms with Gasteiger partial charge in [0.05, 0.1) is 0 Å². The van der Waals surface area contributed by atoms with Gasteiger partial charge in [-0.05, 0) is 71.4 Å². The number of nitrogens with one attached hydrogen (secondary N) is 2. The van der Waals surface area contributed by atoms with Crippen LogP contribution >= 0.6 is 11.6 Å². The van der Waals surface area contributed by atoms with Gasteiger partial charge in [-0.2, -0.15) is 0 Å². The van der Waals surface area contributed by atoms with Crippen LogP contribution in [0.5, 0.6) is 0 Å². The molecule has 3 aromatic carbocycles. The molecule has 0 spiro atoms. The Kier molecular flexibility index (Phi) is 7.00. The number of aromatic amines is 1. The van der Waals surface area contributed by atoms with Crippen molar-refractivity contribution in [1.82, 2.24) is 15.4 Å². The van der Waals surface area contributed by atoms with Crippen molar-refractivity contribution in [2.24, 2.45) is 0 Å². The van der Waals surface area contributed by atoms with E-state index in [9.17, 15) is 4.79 Å². The number of benzene rings is 3. The van der Waals surface area contributed by atoms with Crippen LogP contribution in [-0.4, -0.2) is 27.5 Å². The Morgan fingerprint density at radius 2 is 1.97 bits per heavy atom. The molecule has 4 aromatic rings. The van der Waals surface area contributed by atoms with E-state index >= 15 is 0 Å². The topological polar surface area (TPSA) is 68.4 Å². The molecule has 0 bridgehead atoms. The largest absolute Gasteiger partial charge is 0.361 e. The normalized spacial score (nSPS) is 15.2. The highest BCUT2D eigenvalue weighted by molar-refractivity contribution is 6.30. The zero-order valence-electron chi connectivity index (χ0n) is 19.4. The molecule has 35 heavy (non-hydrogen) atoms. The molecule has 178 valence electrons. The van der Waals surface area contributed by atoms with Gasteiger partial charge < -0.3 is 4.98 Å². The molecule has 0 radical (unpaired) electrons.